The number of methoxy groups -OCH3 is 1. The lowest BCUT2D eigenvalue weighted by atomic mass is 10.0. The number of nitrogens with zero attached hydrogens (tertiary/aromatic N) is 1. The molecule has 1 heterocycles. The van der Waals surface area contributed by atoms with E-state index in [1.54, 1.807) is 13.8 Å². The van der Waals surface area contributed by atoms with Gasteiger partial charge in [-0.3, -0.25) is 9.59 Å². The van der Waals surface area contributed by atoms with Gasteiger partial charge in [0.2, 0.25) is 15.9 Å². The van der Waals surface area contributed by atoms with Gasteiger partial charge in [-0.15, -0.1) is 0 Å². The Labute approximate surface area is 164 Å². The van der Waals surface area contributed by atoms with E-state index in [9.17, 15) is 18.0 Å². The highest BCUT2D eigenvalue weighted by Gasteiger charge is 2.34. The van der Waals surface area contributed by atoms with Crippen LogP contribution in [0.25, 0.3) is 0 Å². The largest absolute Gasteiger partial charge is 0.497 e. The van der Waals surface area contributed by atoms with E-state index in [-0.39, 0.29) is 36.9 Å². The van der Waals surface area contributed by atoms with Crippen molar-refractivity contribution < 1.29 is 32.6 Å². The highest BCUT2D eigenvalue weighted by Crippen LogP contribution is 2.18. The summed E-state index contributed by atoms with van der Waals surface area (Å²) in [5.41, 5.74) is 0. The number of amides is 1. The Hall–Kier alpha value is -2.17. The van der Waals surface area contributed by atoms with Crippen molar-refractivity contribution in [3.05, 3.63) is 24.3 Å². The van der Waals surface area contributed by atoms with Gasteiger partial charge in [-0.1, -0.05) is 13.8 Å². The predicted molar refractivity (Wildman–Crippen MR) is 101 cm³/mol. The Bertz CT molecular complexity index is 793. The van der Waals surface area contributed by atoms with Crippen molar-refractivity contribution in [3.8, 4) is 5.75 Å². The number of morpholine rings is 1. The summed E-state index contributed by atoms with van der Waals surface area (Å²) in [7, 11) is -2.44. The SMILES string of the molecule is COc1ccc(S(=O)(=O)N[C@H](C(=O)N2CCO[C@@H](CC(=O)O)C2)C(C)C)cc1. The molecule has 156 valence electrons. The van der Waals surface area contributed by atoms with Crippen LogP contribution in [0.1, 0.15) is 20.3 Å². The molecule has 28 heavy (non-hydrogen) atoms. The highest BCUT2D eigenvalue weighted by atomic mass is 32.2. The summed E-state index contributed by atoms with van der Waals surface area (Å²) in [6.45, 7) is 4.09. The van der Waals surface area contributed by atoms with Gasteiger partial charge in [0.05, 0.1) is 31.1 Å². The lowest BCUT2D eigenvalue weighted by molar-refractivity contribution is -0.149. The van der Waals surface area contributed by atoms with Crippen LogP contribution in [0.2, 0.25) is 0 Å². The number of rotatable bonds is 8. The maximum Gasteiger partial charge on any atom is 0.306 e. The average Bonchev–Trinajstić information content (AvgIpc) is 2.65. The molecule has 0 spiro atoms. The normalized spacial score (nSPS) is 18.7. The summed E-state index contributed by atoms with van der Waals surface area (Å²) in [5, 5.41) is 8.92. The van der Waals surface area contributed by atoms with Gasteiger partial charge in [0.25, 0.3) is 0 Å². The molecule has 2 atom stereocenters. The number of nitrogens with one attached hydrogen (secondary N) is 1. The number of ether oxygens (including phenoxy) is 2. The first-order chi connectivity index (χ1) is 13.1. The molecule has 1 aliphatic rings. The third kappa shape index (κ3) is 5.66. The summed E-state index contributed by atoms with van der Waals surface area (Å²) in [5.74, 6) is -1.19. The Morgan fingerprint density at radius 2 is 1.96 bits per heavy atom. The molecule has 0 radical (unpaired) electrons. The van der Waals surface area contributed by atoms with Crippen LogP contribution in [-0.2, 0) is 24.3 Å². The lowest BCUT2D eigenvalue weighted by Crippen LogP contribution is -2.55. The van der Waals surface area contributed by atoms with Crippen LogP contribution in [0.5, 0.6) is 5.75 Å². The van der Waals surface area contributed by atoms with Crippen LogP contribution < -0.4 is 9.46 Å². The molecule has 1 amide bonds. The van der Waals surface area contributed by atoms with E-state index in [0.717, 1.165) is 0 Å². The molecule has 1 aromatic rings. The van der Waals surface area contributed by atoms with Gasteiger partial charge in [0.1, 0.15) is 11.8 Å². The second-order valence-electron chi connectivity index (χ2n) is 6.89. The minimum atomic E-state index is -3.92. The molecule has 9 nitrogen and oxygen atoms in total. The Kier molecular flexibility index (Phi) is 7.39. The summed E-state index contributed by atoms with van der Waals surface area (Å²) < 4.78 is 38.3. The third-order valence-electron chi connectivity index (χ3n) is 4.44. The molecule has 1 saturated heterocycles. The molecule has 2 rings (SSSR count). The summed E-state index contributed by atoms with van der Waals surface area (Å²) in [4.78, 5) is 25.3. The van der Waals surface area contributed by atoms with Crippen molar-refractivity contribution in [2.24, 2.45) is 5.92 Å². The van der Waals surface area contributed by atoms with Crippen LogP contribution in [0.15, 0.2) is 29.2 Å². The number of carboxylic acid groups (broad SMARTS) is 1. The van der Waals surface area contributed by atoms with Gasteiger partial charge in [-0.2, -0.15) is 4.72 Å². The number of carbonyl (C=O) groups excluding carboxylic acids is 1. The number of benzene rings is 1. The fourth-order valence-corrected chi connectivity index (χ4v) is 4.23. The first-order valence-electron chi connectivity index (χ1n) is 8.92. The molecular formula is C18H26N2O7S. The molecule has 0 saturated carbocycles. The van der Waals surface area contributed by atoms with Gasteiger partial charge in [0, 0.05) is 13.1 Å². The molecule has 0 bridgehead atoms. The Morgan fingerprint density at radius 3 is 2.50 bits per heavy atom. The molecule has 10 heteroatoms. The molecule has 0 aromatic heterocycles. The topological polar surface area (TPSA) is 122 Å². The van der Waals surface area contributed by atoms with Crippen LogP contribution in [-0.4, -0.2) is 69.3 Å². The maximum atomic E-state index is 13.0. The van der Waals surface area contributed by atoms with E-state index in [1.165, 1.54) is 36.3 Å². The van der Waals surface area contributed by atoms with E-state index in [1.807, 2.05) is 0 Å². The summed E-state index contributed by atoms with van der Waals surface area (Å²) >= 11 is 0. The zero-order chi connectivity index (χ0) is 20.9. The molecule has 0 aliphatic carbocycles. The van der Waals surface area contributed by atoms with Crippen molar-refractivity contribution in [2.75, 3.05) is 26.8 Å². The zero-order valence-electron chi connectivity index (χ0n) is 16.1. The van der Waals surface area contributed by atoms with Crippen molar-refractivity contribution in [3.63, 3.8) is 0 Å². The minimum Gasteiger partial charge on any atom is -0.497 e. The van der Waals surface area contributed by atoms with E-state index in [4.69, 9.17) is 14.6 Å². The lowest BCUT2D eigenvalue weighted by Gasteiger charge is -2.35. The number of carbonyl (C=O) groups is 2. The molecule has 0 unspecified atom stereocenters. The number of hydrogen-bond acceptors (Lipinski definition) is 6. The van der Waals surface area contributed by atoms with Gasteiger partial charge < -0.3 is 19.5 Å². The second-order valence-corrected chi connectivity index (χ2v) is 8.61. The van der Waals surface area contributed by atoms with Crippen molar-refractivity contribution in [2.45, 2.75) is 37.3 Å². The average molecular weight is 414 g/mol. The van der Waals surface area contributed by atoms with E-state index in [0.29, 0.717) is 5.75 Å². The maximum absolute atomic E-state index is 13.0. The van der Waals surface area contributed by atoms with Gasteiger partial charge in [0.15, 0.2) is 0 Å². The molecule has 1 fully saturated rings. The highest BCUT2D eigenvalue weighted by molar-refractivity contribution is 7.89. The zero-order valence-corrected chi connectivity index (χ0v) is 16.9. The predicted octanol–water partition coefficient (Wildman–Crippen LogP) is 0.700. The molecular weight excluding hydrogens is 388 g/mol. The van der Waals surface area contributed by atoms with Crippen LogP contribution in [0, 0.1) is 5.92 Å². The minimum absolute atomic E-state index is 0.0254. The number of carboxylic acids is 1. The van der Waals surface area contributed by atoms with E-state index >= 15 is 0 Å². The second kappa shape index (κ2) is 9.35. The Morgan fingerprint density at radius 1 is 1.32 bits per heavy atom. The van der Waals surface area contributed by atoms with E-state index < -0.39 is 34.0 Å². The number of hydrogen-bond donors (Lipinski definition) is 2. The monoisotopic (exact) mass is 414 g/mol. The van der Waals surface area contributed by atoms with Gasteiger partial charge >= 0.3 is 5.97 Å². The molecule has 1 aromatic carbocycles. The fourth-order valence-electron chi connectivity index (χ4n) is 2.90. The van der Waals surface area contributed by atoms with Gasteiger partial charge in [-0.25, -0.2) is 8.42 Å². The quantitative estimate of drug-likeness (QED) is 0.642. The van der Waals surface area contributed by atoms with Crippen molar-refractivity contribution in [1.82, 2.24) is 9.62 Å². The number of sulfonamides is 1. The van der Waals surface area contributed by atoms with Crippen molar-refractivity contribution >= 4 is 21.9 Å². The van der Waals surface area contributed by atoms with Crippen LogP contribution in [0.3, 0.4) is 0 Å². The van der Waals surface area contributed by atoms with Crippen LogP contribution >= 0.6 is 0 Å². The molecule has 2 N–H and O–H groups in total. The van der Waals surface area contributed by atoms with E-state index in [2.05, 4.69) is 4.72 Å². The standard InChI is InChI=1S/C18H26N2O7S/c1-12(2)17(18(23)20-8-9-27-14(11-20)10-16(21)22)19-28(24,25)15-6-4-13(26-3)5-7-15/h4-7,12,14,17,19H,8-11H2,1-3H3,(H,21,22)/t14-,17-/m0/s1. The van der Waals surface area contributed by atoms with Crippen molar-refractivity contribution in [1.29, 1.82) is 0 Å². The smallest absolute Gasteiger partial charge is 0.306 e. The summed E-state index contributed by atoms with van der Waals surface area (Å²) in [6.07, 6.45) is -0.825. The first kappa shape index (κ1) is 22.1. The number of aliphatic carboxylic acids is 1. The van der Waals surface area contributed by atoms with Gasteiger partial charge in [-0.05, 0) is 30.2 Å². The first-order valence-corrected chi connectivity index (χ1v) is 10.4. The fraction of sp³-hybridized carbons (Fsp3) is 0.556. The molecule has 1 aliphatic heterocycles. The third-order valence-corrected chi connectivity index (χ3v) is 5.89. The van der Waals surface area contributed by atoms with Crippen LogP contribution in [0.4, 0.5) is 0 Å². The Balaban J connectivity index is 2.15. The summed E-state index contributed by atoms with van der Waals surface area (Å²) in [6, 6.07) is 4.88.